The normalized spacial score (nSPS) is 10.2. The smallest absolute Gasteiger partial charge is 0.150 e. The number of hydrogen-bond acceptors (Lipinski definition) is 3. The van der Waals surface area contributed by atoms with Crippen LogP contribution in [0.15, 0.2) is 30.5 Å². The van der Waals surface area contributed by atoms with E-state index in [9.17, 15) is 4.79 Å². The van der Waals surface area contributed by atoms with Gasteiger partial charge in [-0.25, -0.2) is 0 Å². The van der Waals surface area contributed by atoms with Crippen molar-refractivity contribution in [3.63, 3.8) is 0 Å². The Morgan fingerprint density at radius 1 is 1.40 bits per heavy atom. The number of carbonyl (C=O) groups is 1. The van der Waals surface area contributed by atoms with Gasteiger partial charge in [0.05, 0.1) is 12.1 Å². The molecule has 0 bridgehead atoms. The fraction of sp³-hybridized carbons (Fsp3) is 0.167. The summed E-state index contributed by atoms with van der Waals surface area (Å²) in [5, 5.41) is 0.832. The number of hydrogen-bond donors (Lipinski definition) is 0. The second kappa shape index (κ2) is 4.09. The fourth-order valence-corrected chi connectivity index (χ4v) is 1.51. The molecule has 2 aromatic rings. The van der Waals surface area contributed by atoms with Crippen molar-refractivity contribution in [2.45, 2.75) is 6.92 Å². The molecule has 0 N–H and O–H groups in total. The van der Waals surface area contributed by atoms with Gasteiger partial charge in [0.15, 0.2) is 6.29 Å². The van der Waals surface area contributed by atoms with Crippen LogP contribution < -0.4 is 4.74 Å². The third-order valence-electron chi connectivity index (χ3n) is 2.18. The Morgan fingerprint density at radius 3 is 3.00 bits per heavy atom. The maximum Gasteiger partial charge on any atom is 0.150 e. The minimum atomic E-state index is 0.613. The maximum absolute atomic E-state index is 10.8. The van der Waals surface area contributed by atoms with Gasteiger partial charge in [-0.15, -0.1) is 0 Å². The summed E-state index contributed by atoms with van der Waals surface area (Å²) in [6, 6.07) is 7.25. The van der Waals surface area contributed by atoms with Crippen LogP contribution in [0.5, 0.6) is 5.75 Å². The number of rotatable bonds is 3. The highest BCUT2D eigenvalue weighted by atomic mass is 16.5. The standard InChI is InChI=1S/C12H11NO2/c1-2-15-10-3-4-12-11(7-10)9(8-14)5-6-13-12/h3-8H,2H2,1H3. The van der Waals surface area contributed by atoms with Crippen LogP contribution in [0.25, 0.3) is 10.9 Å². The number of aldehydes is 1. The minimum absolute atomic E-state index is 0.613. The van der Waals surface area contributed by atoms with Crippen LogP contribution in [0.3, 0.4) is 0 Å². The molecule has 76 valence electrons. The number of ether oxygens (including phenoxy) is 1. The van der Waals surface area contributed by atoms with Crippen molar-refractivity contribution in [2.75, 3.05) is 6.61 Å². The molecule has 0 fully saturated rings. The molecule has 0 aliphatic carbocycles. The molecule has 0 saturated heterocycles. The lowest BCUT2D eigenvalue weighted by Gasteiger charge is -2.05. The van der Waals surface area contributed by atoms with Gasteiger partial charge in [0, 0.05) is 17.1 Å². The molecule has 0 aliphatic rings. The largest absolute Gasteiger partial charge is 0.494 e. The molecule has 1 aromatic heterocycles. The SMILES string of the molecule is CCOc1ccc2nccc(C=O)c2c1. The number of benzene rings is 1. The number of carbonyl (C=O) groups excluding carboxylic acids is 1. The molecular formula is C12H11NO2. The lowest BCUT2D eigenvalue weighted by Crippen LogP contribution is -1.92. The van der Waals surface area contributed by atoms with E-state index >= 15 is 0 Å². The van der Waals surface area contributed by atoms with Crippen molar-refractivity contribution in [3.8, 4) is 5.75 Å². The van der Waals surface area contributed by atoms with Crippen LogP contribution in [0.2, 0.25) is 0 Å². The van der Waals surface area contributed by atoms with Crippen molar-refractivity contribution in [3.05, 3.63) is 36.0 Å². The van der Waals surface area contributed by atoms with E-state index in [0.717, 1.165) is 22.9 Å². The van der Waals surface area contributed by atoms with E-state index in [-0.39, 0.29) is 0 Å². The summed E-state index contributed by atoms with van der Waals surface area (Å²) in [4.78, 5) is 15.0. The first kappa shape index (κ1) is 9.65. The molecule has 0 radical (unpaired) electrons. The summed E-state index contributed by atoms with van der Waals surface area (Å²) in [7, 11) is 0. The number of pyridine rings is 1. The van der Waals surface area contributed by atoms with E-state index < -0.39 is 0 Å². The predicted molar refractivity (Wildman–Crippen MR) is 58.3 cm³/mol. The van der Waals surface area contributed by atoms with Crippen molar-refractivity contribution in [1.82, 2.24) is 4.98 Å². The highest BCUT2D eigenvalue weighted by molar-refractivity contribution is 5.96. The van der Waals surface area contributed by atoms with E-state index in [0.29, 0.717) is 12.2 Å². The molecule has 1 aromatic carbocycles. The third-order valence-corrected chi connectivity index (χ3v) is 2.18. The average Bonchev–Trinajstić information content (AvgIpc) is 2.28. The molecule has 1 heterocycles. The molecular weight excluding hydrogens is 190 g/mol. The van der Waals surface area contributed by atoms with Gasteiger partial charge in [-0.05, 0) is 31.2 Å². The van der Waals surface area contributed by atoms with Gasteiger partial charge in [-0.1, -0.05) is 0 Å². The van der Waals surface area contributed by atoms with Crippen LogP contribution in [-0.4, -0.2) is 17.9 Å². The monoisotopic (exact) mass is 201 g/mol. The number of fused-ring (bicyclic) bond motifs is 1. The molecule has 0 atom stereocenters. The molecule has 0 saturated carbocycles. The summed E-state index contributed by atoms with van der Waals surface area (Å²) >= 11 is 0. The van der Waals surface area contributed by atoms with Crippen LogP contribution in [-0.2, 0) is 0 Å². The summed E-state index contributed by atoms with van der Waals surface area (Å²) in [5.41, 5.74) is 1.45. The lowest BCUT2D eigenvalue weighted by atomic mass is 10.1. The Morgan fingerprint density at radius 2 is 2.27 bits per heavy atom. The summed E-state index contributed by atoms with van der Waals surface area (Å²) in [6.07, 6.45) is 2.46. The Labute approximate surface area is 87.7 Å². The van der Waals surface area contributed by atoms with Gasteiger partial charge in [0.25, 0.3) is 0 Å². The van der Waals surface area contributed by atoms with E-state index in [4.69, 9.17) is 4.74 Å². The van der Waals surface area contributed by atoms with Gasteiger partial charge in [0.1, 0.15) is 5.75 Å². The fourth-order valence-electron chi connectivity index (χ4n) is 1.51. The summed E-state index contributed by atoms with van der Waals surface area (Å²) < 4.78 is 5.37. The third kappa shape index (κ3) is 1.81. The van der Waals surface area contributed by atoms with Crippen LogP contribution in [0.4, 0.5) is 0 Å². The van der Waals surface area contributed by atoms with Crippen molar-refractivity contribution in [2.24, 2.45) is 0 Å². The van der Waals surface area contributed by atoms with Gasteiger partial charge in [0.2, 0.25) is 0 Å². The molecule has 2 rings (SSSR count). The molecule has 0 aliphatic heterocycles. The first-order chi connectivity index (χ1) is 7.35. The highest BCUT2D eigenvalue weighted by Crippen LogP contribution is 2.21. The van der Waals surface area contributed by atoms with Crippen LogP contribution in [0.1, 0.15) is 17.3 Å². The zero-order valence-corrected chi connectivity index (χ0v) is 8.43. The Bertz CT molecular complexity index is 494. The first-order valence-electron chi connectivity index (χ1n) is 4.82. The Balaban J connectivity index is 2.61. The molecule has 0 unspecified atom stereocenters. The van der Waals surface area contributed by atoms with Crippen molar-refractivity contribution >= 4 is 17.2 Å². The number of nitrogens with zero attached hydrogens (tertiary/aromatic N) is 1. The molecule has 3 nitrogen and oxygen atoms in total. The van der Waals surface area contributed by atoms with Crippen LogP contribution in [0, 0.1) is 0 Å². The molecule has 0 amide bonds. The lowest BCUT2D eigenvalue weighted by molar-refractivity contribution is 0.112. The quantitative estimate of drug-likeness (QED) is 0.716. The average molecular weight is 201 g/mol. The molecule has 3 heteroatoms. The van der Waals surface area contributed by atoms with E-state index in [2.05, 4.69) is 4.98 Å². The van der Waals surface area contributed by atoms with Gasteiger partial charge < -0.3 is 4.74 Å². The number of aromatic nitrogens is 1. The Hall–Kier alpha value is -1.90. The van der Waals surface area contributed by atoms with Gasteiger partial charge >= 0.3 is 0 Å². The van der Waals surface area contributed by atoms with E-state index in [1.807, 2.05) is 25.1 Å². The van der Waals surface area contributed by atoms with E-state index in [1.165, 1.54) is 0 Å². The predicted octanol–water partition coefficient (Wildman–Crippen LogP) is 2.45. The summed E-state index contributed by atoms with van der Waals surface area (Å²) in [5.74, 6) is 0.765. The van der Waals surface area contributed by atoms with Crippen molar-refractivity contribution in [1.29, 1.82) is 0 Å². The minimum Gasteiger partial charge on any atom is -0.494 e. The molecule has 15 heavy (non-hydrogen) atoms. The Kier molecular flexibility index (Phi) is 2.63. The van der Waals surface area contributed by atoms with Gasteiger partial charge in [-0.2, -0.15) is 0 Å². The topological polar surface area (TPSA) is 39.2 Å². The zero-order valence-electron chi connectivity index (χ0n) is 8.43. The second-order valence-electron chi connectivity index (χ2n) is 3.13. The van der Waals surface area contributed by atoms with Gasteiger partial charge in [-0.3, -0.25) is 9.78 Å². The van der Waals surface area contributed by atoms with E-state index in [1.54, 1.807) is 12.3 Å². The van der Waals surface area contributed by atoms with Crippen LogP contribution >= 0.6 is 0 Å². The maximum atomic E-state index is 10.8. The zero-order chi connectivity index (χ0) is 10.7. The van der Waals surface area contributed by atoms with Crippen molar-refractivity contribution < 1.29 is 9.53 Å². The summed E-state index contributed by atoms with van der Waals surface area (Å²) in [6.45, 7) is 2.54. The second-order valence-corrected chi connectivity index (χ2v) is 3.13. The highest BCUT2D eigenvalue weighted by Gasteiger charge is 2.02. The first-order valence-corrected chi connectivity index (χ1v) is 4.82. The molecule has 0 spiro atoms.